The monoisotopic (exact) mass is 232 g/mol. The van der Waals surface area contributed by atoms with Gasteiger partial charge in [-0.3, -0.25) is 4.79 Å². The van der Waals surface area contributed by atoms with Gasteiger partial charge in [0.25, 0.3) is 0 Å². The number of rotatable bonds is 2. The van der Waals surface area contributed by atoms with E-state index in [4.69, 9.17) is 0 Å². The molecule has 0 aliphatic heterocycles. The molecule has 16 heavy (non-hydrogen) atoms. The van der Waals surface area contributed by atoms with Gasteiger partial charge in [0.05, 0.1) is 0 Å². The summed E-state index contributed by atoms with van der Waals surface area (Å²) in [4.78, 5) is 10.7. The molecular formula is C14H16OS. The molecule has 0 unspecified atom stereocenters. The fourth-order valence-electron chi connectivity index (χ4n) is 1.46. The fraction of sp³-hybridized carbons (Fsp3) is 0.357. The standard InChI is InChI=1S/C14H16OS/c1-11-8-12(2)10-14(9-11)6-4-5-7-16-13(3)15/h8-10H,5,7H2,1-3H3. The van der Waals surface area contributed by atoms with Gasteiger partial charge in [-0.05, 0) is 37.1 Å². The first-order chi connectivity index (χ1) is 7.58. The molecule has 1 nitrogen and oxygen atoms in total. The lowest BCUT2D eigenvalue weighted by Crippen LogP contribution is -1.84. The first kappa shape index (κ1) is 12.9. The molecule has 0 radical (unpaired) electrons. The lowest BCUT2D eigenvalue weighted by atomic mass is 10.1. The van der Waals surface area contributed by atoms with E-state index in [0.717, 1.165) is 17.7 Å². The number of carbonyl (C=O) groups excluding carboxylic acids is 1. The number of benzene rings is 1. The van der Waals surface area contributed by atoms with Crippen molar-refractivity contribution >= 4 is 16.9 Å². The van der Waals surface area contributed by atoms with Crippen LogP contribution >= 0.6 is 11.8 Å². The molecule has 0 N–H and O–H groups in total. The van der Waals surface area contributed by atoms with Crippen molar-refractivity contribution in [3.05, 3.63) is 34.9 Å². The smallest absolute Gasteiger partial charge is 0.185 e. The van der Waals surface area contributed by atoms with Crippen LogP contribution in [0.3, 0.4) is 0 Å². The summed E-state index contributed by atoms with van der Waals surface area (Å²) in [5.74, 6) is 7.00. The average Bonchev–Trinajstić information content (AvgIpc) is 2.15. The van der Waals surface area contributed by atoms with Gasteiger partial charge in [0.15, 0.2) is 5.12 Å². The molecule has 0 aliphatic rings. The molecule has 2 heteroatoms. The van der Waals surface area contributed by atoms with Crippen molar-refractivity contribution in [2.45, 2.75) is 27.2 Å². The van der Waals surface area contributed by atoms with Crippen LogP contribution in [0.1, 0.15) is 30.0 Å². The minimum atomic E-state index is 0.160. The van der Waals surface area contributed by atoms with Crippen LogP contribution in [-0.4, -0.2) is 10.9 Å². The second-order valence-electron chi connectivity index (χ2n) is 3.77. The zero-order chi connectivity index (χ0) is 12.0. The Kier molecular flexibility index (Phi) is 5.14. The second kappa shape index (κ2) is 6.40. The number of aryl methyl sites for hydroxylation is 2. The van der Waals surface area contributed by atoms with E-state index in [-0.39, 0.29) is 5.12 Å². The number of thioether (sulfide) groups is 1. The minimum Gasteiger partial charge on any atom is -0.288 e. The van der Waals surface area contributed by atoms with Crippen LogP contribution in [0.2, 0.25) is 0 Å². The molecule has 84 valence electrons. The van der Waals surface area contributed by atoms with Gasteiger partial charge >= 0.3 is 0 Å². The van der Waals surface area contributed by atoms with Crippen LogP contribution in [0.4, 0.5) is 0 Å². The highest BCUT2D eigenvalue weighted by Crippen LogP contribution is 2.08. The molecule has 0 heterocycles. The van der Waals surface area contributed by atoms with E-state index in [9.17, 15) is 4.79 Å². The fourth-order valence-corrected chi connectivity index (χ4v) is 1.95. The highest BCUT2D eigenvalue weighted by Gasteiger charge is 1.92. The van der Waals surface area contributed by atoms with Gasteiger partial charge in [-0.15, -0.1) is 0 Å². The summed E-state index contributed by atoms with van der Waals surface area (Å²) >= 11 is 1.33. The van der Waals surface area contributed by atoms with Crippen molar-refractivity contribution in [2.24, 2.45) is 0 Å². The van der Waals surface area contributed by atoms with E-state index in [1.807, 2.05) is 0 Å². The maximum absolute atomic E-state index is 10.7. The summed E-state index contributed by atoms with van der Waals surface area (Å²) < 4.78 is 0. The molecule has 0 atom stereocenters. The summed E-state index contributed by atoms with van der Waals surface area (Å²) in [7, 11) is 0. The number of hydrogen-bond acceptors (Lipinski definition) is 2. The van der Waals surface area contributed by atoms with Crippen molar-refractivity contribution in [1.82, 2.24) is 0 Å². The summed E-state index contributed by atoms with van der Waals surface area (Å²) in [5, 5.41) is 0.160. The highest BCUT2D eigenvalue weighted by molar-refractivity contribution is 8.13. The Morgan fingerprint density at radius 2 is 1.88 bits per heavy atom. The normalized spacial score (nSPS) is 9.44. The molecule has 0 amide bonds. The molecule has 0 spiro atoms. The van der Waals surface area contributed by atoms with E-state index in [1.165, 1.54) is 22.9 Å². The van der Waals surface area contributed by atoms with E-state index >= 15 is 0 Å². The number of carbonyl (C=O) groups is 1. The lowest BCUT2D eigenvalue weighted by molar-refractivity contribution is -0.109. The van der Waals surface area contributed by atoms with Crippen LogP contribution < -0.4 is 0 Å². The van der Waals surface area contributed by atoms with Gasteiger partial charge in [0.1, 0.15) is 0 Å². The Balaban J connectivity index is 2.53. The van der Waals surface area contributed by atoms with E-state index < -0.39 is 0 Å². The Labute approximate surface area is 102 Å². The third kappa shape index (κ3) is 5.04. The first-order valence-corrected chi connectivity index (χ1v) is 6.27. The van der Waals surface area contributed by atoms with Crippen molar-refractivity contribution in [1.29, 1.82) is 0 Å². The van der Waals surface area contributed by atoms with Crippen molar-refractivity contribution in [2.75, 3.05) is 5.75 Å². The summed E-state index contributed by atoms with van der Waals surface area (Å²) in [6.07, 6.45) is 0.761. The molecule has 0 aliphatic carbocycles. The Morgan fingerprint density at radius 1 is 1.25 bits per heavy atom. The van der Waals surface area contributed by atoms with Crippen molar-refractivity contribution in [3.8, 4) is 11.8 Å². The summed E-state index contributed by atoms with van der Waals surface area (Å²) in [5.41, 5.74) is 3.54. The van der Waals surface area contributed by atoms with Crippen LogP contribution in [0, 0.1) is 25.7 Å². The molecule has 0 saturated heterocycles. The topological polar surface area (TPSA) is 17.1 Å². The largest absolute Gasteiger partial charge is 0.288 e. The maximum atomic E-state index is 10.7. The van der Waals surface area contributed by atoms with Crippen LogP contribution in [-0.2, 0) is 4.79 Å². The van der Waals surface area contributed by atoms with Gasteiger partial charge in [0, 0.05) is 24.7 Å². The molecule has 0 aromatic heterocycles. The first-order valence-electron chi connectivity index (χ1n) is 5.28. The van der Waals surface area contributed by atoms with Crippen LogP contribution in [0.25, 0.3) is 0 Å². The van der Waals surface area contributed by atoms with Gasteiger partial charge < -0.3 is 0 Å². The molecule has 0 saturated carbocycles. The summed E-state index contributed by atoms with van der Waals surface area (Å²) in [6.45, 7) is 5.73. The van der Waals surface area contributed by atoms with Crippen molar-refractivity contribution < 1.29 is 4.79 Å². The van der Waals surface area contributed by atoms with Crippen LogP contribution in [0.15, 0.2) is 18.2 Å². The van der Waals surface area contributed by atoms with Gasteiger partial charge in [0.2, 0.25) is 0 Å². The molecule has 1 aromatic rings. The maximum Gasteiger partial charge on any atom is 0.185 e. The van der Waals surface area contributed by atoms with E-state index in [2.05, 4.69) is 43.9 Å². The van der Waals surface area contributed by atoms with E-state index in [0.29, 0.717) is 0 Å². The number of hydrogen-bond donors (Lipinski definition) is 0. The zero-order valence-electron chi connectivity index (χ0n) is 9.96. The van der Waals surface area contributed by atoms with Crippen molar-refractivity contribution in [3.63, 3.8) is 0 Å². The minimum absolute atomic E-state index is 0.160. The predicted molar refractivity (Wildman–Crippen MR) is 70.6 cm³/mol. The highest BCUT2D eigenvalue weighted by atomic mass is 32.2. The molecule has 0 bridgehead atoms. The predicted octanol–water partition coefficient (Wildman–Crippen LogP) is 3.32. The molecule has 0 fully saturated rings. The molecular weight excluding hydrogens is 216 g/mol. The molecule has 1 rings (SSSR count). The van der Waals surface area contributed by atoms with Gasteiger partial charge in [-0.2, -0.15) is 0 Å². The average molecular weight is 232 g/mol. The van der Waals surface area contributed by atoms with Gasteiger partial charge in [-0.25, -0.2) is 0 Å². The third-order valence-electron chi connectivity index (χ3n) is 1.99. The second-order valence-corrected chi connectivity index (χ2v) is 5.04. The lowest BCUT2D eigenvalue weighted by Gasteiger charge is -1.97. The zero-order valence-corrected chi connectivity index (χ0v) is 10.8. The quantitative estimate of drug-likeness (QED) is 0.574. The Hall–Kier alpha value is -1.20. The Morgan fingerprint density at radius 3 is 2.44 bits per heavy atom. The van der Waals surface area contributed by atoms with E-state index in [1.54, 1.807) is 6.92 Å². The third-order valence-corrected chi connectivity index (χ3v) is 2.80. The molecule has 1 aromatic carbocycles. The Bertz CT molecular complexity index is 418. The van der Waals surface area contributed by atoms with Gasteiger partial charge in [-0.1, -0.05) is 29.7 Å². The summed E-state index contributed by atoms with van der Waals surface area (Å²) in [6, 6.07) is 6.30. The van der Waals surface area contributed by atoms with Crippen LogP contribution in [0.5, 0.6) is 0 Å². The SMILES string of the molecule is CC(=O)SCCC#Cc1cc(C)cc(C)c1.